The van der Waals surface area contributed by atoms with Crippen molar-refractivity contribution in [1.82, 2.24) is 5.32 Å². The molecule has 3 rings (SSSR count). The van der Waals surface area contributed by atoms with Crippen LogP contribution in [-0.2, 0) is 9.59 Å². The van der Waals surface area contributed by atoms with Gasteiger partial charge in [0.2, 0.25) is 0 Å². The van der Waals surface area contributed by atoms with Crippen LogP contribution in [0.2, 0.25) is 5.02 Å². The average molecular weight is 422 g/mol. The Morgan fingerprint density at radius 1 is 1.08 bits per heavy atom. The van der Waals surface area contributed by atoms with Crippen molar-refractivity contribution in [2.75, 3.05) is 4.90 Å². The molecule has 2 aromatic carbocycles. The standard InChI is InChI=1S/C17H10BrClN2O4/c18-10-1-6-14(22)9(7-10)8-13-15(23)20-17(25)21(16(13)24)12-4-2-11(19)3-5-12/h1-8,22H,(H,20,23,25). The van der Waals surface area contributed by atoms with Gasteiger partial charge in [0.1, 0.15) is 11.3 Å². The lowest BCUT2D eigenvalue weighted by atomic mass is 10.1. The van der Waals surface area contributed by atoms with E-state index in [9.17, 15) is 19.5 Å². The number of urea groups is 1. The van der Waals surface area contributed by atoms with E-state index in [1.54, 1.807) is 12.1 Å². The predicted octanol–water partition coefficient (Wildman–Crippen LogP) is 3.47. The minimum absolute atomic E-state index is 0.105. The van der Waals surface area contributed by atoms with E-state index < -0.39 is 17.8 Å². The van der Waals surface area contributed by atoms with Gasteiger partial charge >= 0.3 is 6.03 Å². The molecule has 1 heterocycles. The third-order valence-corrected chi connectivity index (χ3v) is 4.22. The molecule has 1 saturated heterocycles. The number of hydrogen-bond donors (Lipinski definition) is 2. The molecule has 0 aliphatic carbocycles. The van der Waals surface area contributed by atoms with Gasteiger partial charge in [0.05, 0.1) is 5.69 Å². The highest BCUT2D eigenvalue weighted by Gasteiger charge is 2.36. The molecule has 0 unspecified atom stereocenters. The number of nitrogens with zero attached hydrogens (tertiary/aromatic N) is 1. The number of carbonyl (C=O) groups excluding carboxylic acids is 3. The highest BCUT2D eigenvalue weighted by atomic mass is 79.9. The molecule has 0 saturated carbocycles. The molecule has 0 bridgehead atoms. The van der Waals surface area contributed by atoms with Crippen molar-refractivity contribution in [2.45, 2.75) is 0 Å². The zero-order valence-corrected chi connectivity index (χ0v) is 14.8. The number of hydrogen-bond acceptors (Lipinski definition) is 4. The van der Waals surface area contributed by atoms with E-state index in [4.69, 9.17) is 11.6 Å². The van der Waals surface area contributed by atoms with Gasteiger partial charge in [-0.2, -0.15) is 0 Å². The summed E-state index contributed by atoms with van der Waals surface area (Å²) in [5.74, 6) is -1.73. The molecule has 8 heteroatoms. The van der Waals surface area contributed by atoms with E-state index in [2.05, 4.69) is 21.2 Å². The van der Waals surface area contributed by atoms with Crippen LogP contribution in [0.3, 0.4) is 0 Å². The fourth-order valence-corrected chi connectivity index (χ4v) is 2.78. The zero-order valence-electron chi connectivity index (χ0n) is 12.5. The van der Waals surface area contributed by atoms with E-state index in [0.717, 1.165) is 4.90 Å². The van der Waals surface area contributed by atoms with E-state index in [1.165, 1.54) is 36.4 Å². The minimum atomic E-state index is -0.854. The lowest BCUT2D eigenvalue weighted by molar-refractivity contribution is -0.122. The third-order valence-electron chi connectivity index (χ3n) is 3.48. The summed E-state index contributed by atoms with van der Waals surface area (Å²) in [6.45, 7) is 0. The molecular formula is C17H10BrClN2O4. The fourth-order valence-electron chi connectivity index (χ4n) is 2.28. The first-order valence-electron chi connectivity index (χ1n) is 7.02. The van der Waals surface area contributed by atoms with Crippen LogP contribution in [0.15, 0.2) is 52.5 Å². The van der Waals surface area contributed by atoms with Crippen LogP contribution in [0.4, 0.5) is 10.5 Å². The Hall–Kier alpha value is -2.64. The number of phenolic OH excluding ortho intramolecular Hbond substituents is 1. The second kappa shape index (κ2) is 6.70. The Balaban J connectivity index is 2.05. The average Bonchev–Trinajstić information content (AvgIpc) is 2.56. The Kier molecular flexibility index (Phi) is 4.61. The summed E-state index contributed by atoms with van der Waals surface area (Å²) in [6, 6.07) is 9.76. The van der Waals surface area contributed by atoms with E-state index in [1.807, 2.05) is 0 Å². The molecule has 126 valence electrons. The SMILES string of the molecule is O=C1NC(=O)N(c2ccc(Cl)cc2)C(=O)C1=Cc1cc(Br)ccc1O. The van der Waals surface area contributed by atoms with Gasteiger partial charge in [0, 0.05) is 15.1 Å². The molecule has 6 nitrogen and oxygen atoms in total. The number of benzene rings is 2. The van der Waals surface area contributed by atoms with E-state index in [-0.39, 0.29) is 22.6 Å². The van der Waals surface area contributed by atoms with Gasteiger partial charge in [-0.3, -0.25) is 14.9 Å². The maximum atomic E-state index is 12.7. The number of aromatic hydroxyl groups is 1. The summed E-state index contributed by atoms with van der Waals surface area (Å²) >= 11 is 9.07. The molecule has 1 fully saturated rings. The normalized spacial score (nSPS) is 16.3. The van der Waals surface area contributed by atoms with Crippen molar-refractivity contribution in [3.8, 4) is 5.75 Å². The molecule has 0 spiro atoms. The van der Waals surface area contributed by atoms with Crippen LogP contribution in [-0.4, -0.2) is 23.0 Å². The predicted molar refractivity (Wildman–Crippen MR) is 96.3 cm³/mol. The third kappa shape index (κ3) is 3.42. The Bertz CT molecular complexity index is 925. The number of anilines is 1. The van der Waals surface area contributed by atoms with E-state index >= 15 is 0 Å². The summed E-state index contributed by atoms with van der Waals surface area (Å²) in [6.07, 6.45) is 1.23. The number of phenols is 1. The first kappa shape index (κ1) is 17.2. The van der Waals surface area contributed by atoms with Gasteiger partial charge in [-0.05, 0) is 48.5 Å². The Morgan fingerprint density at radius 3 is 2.44 bits per heavy atom. The number of imide groups is 2. The Morgan fingerprint density at radius 2 is 1.76 bits per heavy atom. The van der Waals surface area contributed by atoms with Crippen LogP contribution in [0.25, 0.3) is 6.08 Å². The van der Waals surface area contributed by atoms with Crippen LogP contribution < -0.4 is 10.2 Å². The van der Waals surface area contributed by atoms with Gasteiger partial charge in [0.15, 0.2) is 0 Å². The molecule has 0 aromatic heterocycles. The summed E-state index contributed by atoms with van der Waals surface area (Å²) in [5, 5.41) is 12.5. The van der Waals surface area contributed by atoms with Gasteiger partial charge in [-0.25, -0.2) is 9.69 Å². The van der Waals surface area contributed by atoms with Crippen molar-refractivity contribution >= 4 is 57.1 Å². The van der Waals surface area contributed by atoms with Crippen LogP contribution in [0.5, 0.6) is 5.75 Å². The van der Waals surface area contributed by atoms with Crippen LogP contribution in [0, 0.1) is 0 Å². The smallest absolute Gasteiger partial charge is 0.335 e. The minimum Gasteiger partial charge on any atom is -0.507 e. The molecule has 4 amide bonds. The number of rotatable bonds is 2. The fraction of sp³-hybridized carbons (Fsp3) is 0. The number of carbonyl (C=O) groups is 3. The molecule has 0 atom stereocenters. The van der Waals surface area contributed by atoms with Crippen LogP contribution in [0.1, 0.15) is 5.56 Å². The van der Waals surface area contributed by atoms with Crippen molar-refractivity contribution in [1.29, 1.82) is 0 Å². The summed E-state index contributed by atoms with van der Waals surface area (Å²) in [5.41, 5.74) is 0.255. The zero-order chi connectivity index (χ0) is 18.1. The van der Waals surface area contributed by atoms with E-state index in [0.29, 0.717) is 9.50 Å². The summed E-state index contributed by atoms with van der Waals surface area (Å²) in [7, 11) is 0. The van der Waals surface area contributed by atoms with Crippen molar-refractivity contribution in [3.05, 3.63) is 63.1 Å². The van der Waals surface area contributed by atoms with Gasteiger partial charge in [-0.15, -0.1) is 0 Å². The maximum absolute atomic E-state index is 12.7. The van der Waals surface area contributed by atoms with Crippen molar-refractivity contribution in [2.24, 2.45) is 0 Å². The molecule has 0 radical (unpaired) electrons. The largest absolute Gasteiger partial charge is 0.507 e. The number of amides is 4. The van der Waals surface area contributed by atoms with Gasteiger partial charge < -0.3 is 5.11 Å². The maximum Gasteiger partial charge on any atom is 0.335 e. The number of barbiturate groups is 1. The Labute approximate surface area is 155 Å². The van der Waals surface area contributed by atoms with Crippen molar-refractivity contribution < 1.29 is 19.5 Å². The monoisotopic (exact) mass is 420 g/mol. The molecule has 2 aromatic rings. The molecular weight excluding hydrogens is 412 g/mol. The van der Waals surface area contributed by atoms with Gasteiger partial charge in [0.25, 0.3) is 11.8 Å². The topological polar surface area (TPSA) is 86.7 Å². The molecule has 1 aliphatic rings. The molecule has 25 heavy (non-hydrogen) atoms. The first-order chi connectivity index (χ1) is 11.9. The number of halogens is 2. The first-order valence-corrected chi connectivity index (χ1v) is 8.19. The lowest BCUT2D eigenvalue weighted by Gasteiger charge is -2.26. The highest BCUT2D eigenvalue weighted by Crippen LogP contribution is 2.27. The van der Waals surface area contributed by atoms with Gasteiger partial charge in [-0.1, -0.05) is 27.5 Å². The second-order valence-corrected chi connectivity index (χ2v) is 6.49. The second-order valence-electron chi connectivity index (χ2n) is 5.14. The van der Waals surface area contributed by atoms with Crippen molar-refractivity contribution in [3.63, 3.8) is 0 Å². The van der Waals surface area contributed by atoms with Crippen LogP contribution >= 0.6 is 27.5 Å². The highest BCUT2D eigenvalue weighted by molar-refractivity contribution is 9.10. The summed E-state index contributed by atoms with van der Waals surface area (Å²) < 4.78 is 0.659. The molecule has 2 N–H and O–H groups in total. The number of nitrogens with one attached hydrogen (secondary N) is 1. The quantitative estimate of drug-likeness (QED) is 0.574. The summed E-state index contributed by atoms with van der Waals surface area (Å²) in [4.78, 5) is 37.7. The molecule has 1 aliphatic heterocycles. The lowest BCUT2D eigenvalue weighted by Crippen LogP contribution is -2.54.